The Hall–Kier alpha value is -1.69. The summed E-state index contributed by atoms with van der Waals surface area (Å²) in [5.74, 6) is 0.225. The van der Waals surface area contributed by atoms with Gasteiger partial charge in [0.15, 0.2) is 5.65 Å². The highest BCUT2D eigenvalue weighted by Gasteiger charge is 2.31. The second-order valence-electron chi connectivity index (χ2n) is 6.07. The molecule has 1 aliphatic rings. The highest BCUT2D eigenvalue weighted by molar-refractivity contribution is 5.43. The van der Waals surface area contributed by atoms with Gasteiger partial charge < -0.3 is 10.6 Å². The van der Waals surface area contributed by atoms with Gasteiger partial charge in [-0.2, -0.15) is 4.98 Å². The van der Waals surface area contributed by atoms with E-state index in [0.717, 1.165) is 13.1 Å². The van der Waals surface area contributed by atoms with Crippen LogP contribution in [0, 0.1) is 11.2 Å². The average Bonchev–Trinajstić information content (AvgIpc) is 2.79. The number of piperidine rings is 1. The topological polar surface area (TPSA) is 54.2 Å². The average molecular weight is 277 g/mol. The summed E-state index contributed by atoms with van der Waals surface area (Å²) in [6, 6.07) is 3.40. The Morgan fingerprint density at radius 1 is 1.50 bits per heavy atom. The standard InChI is InChI=1S/C14H20FN5/c1-14(2)6-3-7-16-11(14)8-17-13-18-12-5-4-10(15)9-20(12)19-13/h4-5,9,11,16H,3,6-8H2,1-2H3,(H,17,19). The second-order valence-corrected chi connectivity index (χ2v) is 6.07. The number of rotatable bonds is 3. The highest BCUT2D eigenvalue weighted by atomic mass is 19.1. The molecule has 1 atom stereocenters. The predicted molar refractivity (Wildman–Crippen MR) is 76.2 cm³/mol. The molecule has 1 fully saturated rings. The van der Waals surface area contributed by atoms with E-state index in [9.17, 15) is 4.39 Å². The number of hydrogen-bond donors (Lipinski definition) is 2. The molecule has 3 rings (SSSR count). The van der Waals surface area contributed by atoms with Crippen molar-refractivity contribution in [2.24, 2.45) is 5.41 Å². The maximum atomic E-state index is 13.1. The van der Waals surface area contributed by atoms with Crippen LogP contribution in [0.25, 0.3) is 5.65 Å². The molecule has 1 saturated heterocycles. The molecule has 0 aliphatic carbocycles. The van der Waals surface area contributed by atoms with Crippen molar-refractivity contribution in [3.05, 3.63) is 24.1 Å². The van der Waals surface area contributed by atoms with Crippen molar-refractivity contribution >= 4 is 11.6 Å². The minimum absolute atomic E-state index is 0.260. The Kier molecular flexibility index (Phi) is 3.33. The van der Waals surface area contributed by atoms with E-state index in [1.165, 1.54) is 29.6 Å². The molecule has 0 saturated carbocycles. The lowest BCUT2D eigenvalue weighted by molar-refractivity contribution is 0.188. The molecule has 0 radical (unpaired) electrons. The van der Waals surface area contributed by atoms with E-state index in [4.69, 9.17) is 0 Å². The van der Waals surface area contributed by atoms with Crippen LogP contribution in [0.4, 0.5) is 10.3 Å². The third-order valence-corrected chi connectivity index (χ3v) is 4.09. The summed E-state index contributed by atoms with van der Waals surface area (Å²) in [6.45, 7) is 6.38. The summed E-state index contributed by atoms with van der Waals surface area (Å²) in [7, 11) is 0. The van der Waals surface area contributed by atoms with Gasteiger partial charge in [0.2, 0.25) is 5.95 Å². The Balaban J connectivity index is 1.70. The van der Waals surface area contributed by atoms with Crippen LogP contribution >= 0.6 is 0 Å². The van der Waals surface area contributed by atoms with E-state index in [0.29, 0.717) is 17.6 Å². The van der Waals surface area contributed by atoms with Gasteiger partial charge >= 0.3 is 0 Å². The quantitative estimate of drug-likeness (QED) is 0.901. The molecule has 1 unspecified atom stereocenters. The summed E-state index contributed by atoms with van der Waals surface area (Å²) in [4.78, 5) is 4.33. The molecule has 0 aromatic carbocycles. The van der Waals surface area contributed by atoms with Crippen LogP contribution in [0.3, 0.4) is 0 Å². The van der Waals surface area contributed by atoms with Crippen molar-refractivity contribution in [1.29, 1.82) is 0 Å². The fraction of sp³-hybridized carbons (Fsp3) is 0.571. The van der Waals surface area contributed by atoms with E-state index in [-0.39, 0.29) is 11.2 Å². The monoisotopic (exact) mass is 277 g/mol. The van der Waals surface area contributed by atoms with Gasteiger partial charge in [0.25, 0.3) is 0 Å². The van der Waals surface area contributed by atoms with E-state index in [1.54, 1.807) is 6.07 Å². The van der Waals surface area contributed by atoms with Crippen molar-refractivity contribution in [3.63, 3.8) is 0 Å². The molecule has 20 heavy (non-hydrogen) atoms. The third kappa shape index (κ3) is 2.60. The zero-order valence-corrected chi connectivity index (χ0v) is 11.9. The van der Waals surface area contributed by atoms with Crippen molar-refractivity contribution in [2.45, 2.75) is 32.7 Å². The molecule has 108 valence electrons. The lowest BCUT2D eigenvalue weighted by Gasteiger charge is -2.39. The third-order valence-electron chi connectivity index (χ3n) is 4.09. The van der Waals surface area contributed by atoms with Crippen LogP contribution in [0.1, 0.15) is 26.7 Å². The van der Waals surface area contributed by atoms with Crippen molar-refractivity contribution in [2.75, 3.05) is 18.4 Å². The molecule has 5 nitrogen and oxygen atoms in total. The number of pyridine rings is 1. The van der Waals surface area contributed by atoms with Crippen LogP contribution in [-0.2, 0) is 0 Å². The fourth-order valence-electron chi connectivity index (χ4n) is 2.75. The largest absolute Gasteiger partial charge is 0.351 e. The number of fused-ring (bicyclic) bond motifs is 1. The minimum atomic E-state index is -0.316. The molecular formula is C14H20FN5. The predicted octanol–water partition coefficient (Wildman–Crippen LogP) is 2.06. The van der Waals surface area contributed by atoms with Crippen LogP contribution in [-0.4, -0.2) is 33.7 Å². The lowest BCUT2D eigenvalue weighted by Crippen LogP contribution is -2.50. The summed E-state index contributed by atoms with van der Waals surface area (Å²) in [5.41, 5.74) is 0.904. The molecule has 6 heteroatoms. The molecule has 2 aromatic rings. The smallest absolute Gasteiger partial charge is 0.243 e. The van der Waals surface area contributed by atoms with Gasteiger partial charge in [-0.15, -0.1) is 5.10 Å². The molecule has 0 amide bonds. The van der Waals surface area contributed by atoms with Gasteiger partial charge in [0, 0.05) is 12.6 Å². The molecule has 1 aliphatic heterocycles. The van der Waals surface area contributed by atoms with Gasteiger partial charge in [-0.25, -0.2) is 8.91 Å². The summed E-state index contributed by atoms with van der Waals surface area (Å²) < 4.78 is 14.6. The van der Waals surface area contributed by atoms with Crippen LogP contribution in [0.2, 0.25) is 0 Å². The minimum Gasteiger partial charge on any atom is -0.351 e. The second kappa shape index (κ2) is 5.01. The summed E-state index contributed by atoms with van der Waals surface area (Å²) in [5, 5.41) is 11.0. The maximum absolute atomic E-state index is 13.1. The van der Waals surface area contributed by atoms with Crippen LogP contribution in [0.5, 0.6) is 0 Å². The molecule has 3 heterocycles. The number of aromatic nitrogens is 3. The van der Waals surface area contributed by atoms with Gasteiger partial charge in [-0.05, 0) is 36.9 Å². The lowest BCUT2D eigenvalue weighted by atomic mass is 9.77. The number of hydrogen-bond acceptors (Lipinski definition) is 4. The number of nitrogens with zero attached hydrogens (tertiary/aromatic N) is 3. The fourth-order valence-corrected chi connectivity index (χ4v) is 2.75. The van der Waals surface area contributed by atoms with Gasteiger partial charge in [0.05, 0.1) is 6.20 Å². The Morgan fingerprint density at radius 3 is 3.15 bits per heavy atom. The molecule has 0 bridgehead atoms. The number of anilines is 1. The van der Waals surface area contributed by atoms with E-state index < -0.39 is 0 Å². The number of nitrogens with one attached hydrogen (secondary N) is 2. The Morgan fingerprint density at radius 2 is 2.35 bits per heavy atom. The van der Waals surface area contributed by atoms with Gasteiger partial charge in [-0.3, -0.25) is 0 Å². The molecule has 2 N–H and O–H groups in total. The van der Waals surface area contributed by atoms with Crippen molar-refractivity contribution < 1.29 is 4.39 Å². The van der Waals surface area contributed by atoms with Gasteiger partial charge in [0.1, 0.15) is 5.82 Å². The zero-order chi connectivity index (χ0) is 14.2. The first kappa shape index (κ1) is 13.3. The van der Waals surface area contributed by atoms with E-state index in [2.05, 4.69) is 34.6 Å². The van der Waals surface area contributed by atoms with Gasteiger partial charge in [-0.1, -0.05) is 13.8 Å². The maximum Gasteiger partial charge on any atom is 0.243 e. The first-order valence-corrected chi connectivity index (χ1v) is 7.04. The van der Waals surface area contributed by atoms with Crippen molar-refractivity contribution in [3.8, 4) is 0 Å². The van der Waals surface area contributed by atoms with E-state index in [1.807, 2.05) is 0 Å². The summed E-state index contributed by atoms with van der Waals surface area (Å²) in [6.07, 6.45) is 3.77. The van der Waals surface area contributed by atoms with E-state index >= 15 is 0 Å². The molecule has 0 spiro atoms. The SMILES string of the molecule is CC1(C)CCCNC1CNc1nc2ccc(F)cn2n1. The normalized spacial score (nSPS) is 22.1. The van der Waals surface area contributed by atoms with Crippen LogP contribution in [0.15, 0.2) is 18.3 Å². The summed E-state index contributed by atoms with van der Waals surface area (Å²) >= 11 is 0. The van der Waals surface area contributed by atoms with Crippen LogP contribution < -0.4 is 10.6 Å². The molecular weight excluding hydrogens is 257 g/mol. The van der Waals surface area contributed by atoms with Crippen molar-refractivity contribution in [1.82, 2.24) is 19.9 Å². The first-order chi connectivity index (χ1) is 9.54. The number of halogens is 1. The molecule has 2 aromatic heterocycles. The highest BCUT2D eigenvalue weighted by Crippen LogP contribution is 2.29. The Labute approximate surface area is 117 Å². The first-order valence-electron chi connectivity index (χ1n) is 7.04. The Bertz CT molecular complexity index is 607. The zero-order valence-electron chi connectivity index (χ0n) is 11.9.